The highest BCUT2D eigenvalue weighted by Crippen LogP contribution is 2.26. The van der Waals surface area contributed by atoms with Gasteiger partial charge in [0.1, 0.15) is 0 Å². The van der Waals surface area contributed by atoms with E-state index in [1.807, 2.05) is 0 Å². The summed E-state index contributed by atoms with van der Waals surface area (Å²) >= 11 is 0. The second-order valence-electron chi connectivity index (χ2n) is 4.36. The van der Waals surface area contributed by atoms with Crippen LogP contribution in [0.1, 0.15) is 13.3 Å². The van der Waals surface area contributed by atoms with E-state index in [1.54, 1.807) is 6.92 Å². The third-order valence-corrected chi connectivity index (χ3v) is 7.82. The highest BCUT2D eigenvalue weighted by Gasteiger charge is 2.46. The molecule has 0 bridgehead atoms. The molecule has 15 heavy (non-hydrogen) atoms. The topological polar surface area (TPSA) is 80.3 Å². The van der Waals surface area contributed by atoms with Crippen molar-refractivity contribution in [2.75, 3.05) is 18.1 Å². The zero-order valence-electron chi connectivity index (χ0n) is 8.51. The van der Waals surface area contributed by atoms with Gasteiger partial charge >= 0.3 is 0 Å². The van der Waals surface area contributed by atoms with Crippen molar-refractivity contribution >= 4 is 19.7 Å². The number of rotatable bonds is 0. The van der Waals surface area contributed by atoms with Crippen LogP contribution < -0.4 is 5.32 Å². The maximum atomic E-state index is 11.9. The molecule has 2 aliphatic heterocycles. The molecule has 0 saturated carbocycles. The van der Waals surface area contributed by atoms with Crippen LogP contribution in [-0.4, -0.2) is 51.4 Å². The lowest BCUT2D eigenvalue weighted by molar-refractivity contribution is 0.425. The number of nitrogens with one attached hydrogen (secondary N) is 1. The molecular weight excluding hydrogens is 238 g/mol. The van der Waals surface area contributed by atoms with E-state index in [0.29, 0.717) is 13.0 Å². The van der Waals surface area contributed by atoms with E-state index in [0.717, 1.165) is 0 Å². The number of hydrogen-bond acceptors (Lipinski definition) is 5. The third kappa shape index (κ3) is 1.92. The average Bonchev–Trinajstić information content (AvgIpc) is 2.12. The van der Waals surface area contributed by atoms with Gasteiger partial charge < -0.3 is 5.32 Å². The van der Waals surface area contributed by atoms with Crippen LogP contribution in [0.2, 0.25) is 0 Å². The molecule has 88 valence electrons. The van der Waals surface area contributed by atoms with Gasteiger partial charge in [-0.05, 0) is 13.3 Å². The van der Waals surface area contributed by atoms with Crippen LogP contribution in [-0.2, 0) is 19.7 Å². The van der Waals surface area contributed by atoms with Crippen molar-refractivity contribution in [1.29, 1.82) is 0 Å². The highest BCUT2D eigenvalue weighted by molar-refractivity contribution is 7.96. The van der Waals surface area contributed by atoms with Crippen molar-refractivity contribution in [3.63, 3.8) is 0 Å². The molecule has 2 rings (SSSR count). The van der Waals surface area contributed by atoms with Crippen LogP contribution in [0.25, 0.3) is 0 Å². The third-order valence-electron chi connectivity index (χ3n) is 3.26. The molecule has 5 nitrogen and oxygen atoms in total. The minimum atomic E-state index is -3.28. The van der Waals surface area contributed by atoms with Gasteiger partial charge in [-0.1, -0.05) is 0 Å². The van der Waals surface area contributed by atoms with Crippen molar-refractivity contribution in [2.24, 2.45) is 0 Å². The molecule has 0 radical (unpaired) electrons. The predicted molar refractivity (Wildman–Crippen MR) is 57.2 cm³/mol. The Balaban J connectivity index is 2.35. The first-order chi connectivity index (χ1) is 6.83. The van der Waals surface area contributed by atoms with Gasteiger partial charge in [0.05, 0.1) is 22.0 Å². The molecule has 2 saturated heterocycles. The zero-order chi connectivity index (χ0) is 11.3. The maximum Gasteiger partial charge on any atom is 0.159 e. The largest absolute Gasteiger partial charge is 0.311 e. The molecule has 0 aromatic carbocycles. The van der Waals surface area contributed by atoms with E-state index >= 15 is 0 Å². The Labute approximate surface area is 90.1 Å². The van der Waals surface area contributed by atoms with E-state index < -0.39 is 30.2 Å². The van der Waals surface area contributed by atoms with Crippen molar-refractivity contribution in [3.8, 4) is 0 Å². The Kier molecular flexibility index (Phi) is 2.59. The first-order valence-electron chi connectivity index (χ1n) is 4.99. The molecule has 2 fully saturated rings. The van der Waals surface area contributed by atoms with Crippen LogP contribution in [0.5, 0.6) is 0 Å². The smallest absolute Gasteiger partial charge is 0.159 e. The number of sulfone groups is 2. The van der Waals surface area contributed by atoms with Crippen LogP contribution in [0.3, 0.4) is 0 Å². The molecule has 0 spiro atoms. The minimum Gasteiger partial charge on any atom is -0.311 e. The maximum absolute atomic E-state index is 11.9. The molecule has 3 unspecified atom stereocenters. The van der Waals surface area contributed by atoms with Gasteiger partial charge in [-0.2, -0.15) is 0 Å². The molecule has 0 amide bonds. The molecule has 0 aromatic heterocycles. The summed E-state index contributed by atoms with van der Waals surface area (Å²) in [5.41, 5.74) is 0. The van der Waals surface area contributed by atoms with Crippen molar-refractivity contribution < 1.29 is 16.8 Å². The summed E-state index contributed by atoms with van der Waals surface area (Å²) in [6, 6.07) is -0.172. The first kappa shape index (κ1) is 11.3. The zero-order valence-corrected chi connectivity index (χ0v) is 10.1. The molecule has 0 aromatic rings. The summed E-state index contributed by atoms with van der Waals surface area (Å²) in [6.45, 7) is 2.06. The Bertz CT molecular complexity index is 453. The van der Waals surface area contributed by atoms with Crippen LogP contribution in [0.15, 0.2) is 0 Å². The van der Waals surface area contributed by atoms with Crippen LogP contribution >= 0.6 is 0 Å². The van der Waals surface area contributed by atoms with Gasteiger partial charge in [-0.15, -0.1) is 0 Å². The summed E-state index contributed by atoms with van der Waals surface area (Å²) < 4.78 is 46.7. The van der Waals surface area contributed by atoms with Gasteiger partial charge in [0.25, 0.3) is 0 Å². The normalized spacial score (nSPS) is 43.1. The molecule has 7 heteroatoms. The fraction of sp³-hybridized carbons (Fsp3) is 1.00. The standard InChI is InChI=1S/C8H15NO4S2/c1-6-4-9-7-2-3-14(10,11)5-8(7)15(6,12)13/h6-9H,2-5H2,1H3. The van der Waals surface area contributed by atoms with E-state index in [2.05, 4.69) is 5.32 Å². The van der Waals surface area contributed by atoms with Gasteiger partial charge in [-0.3, -0.25) is 0 Å². The van der Waals surface area contributed by atoms with Crippen molar-refractivity contribution in [3.05, 3.63) is 0 Å². The van der Waals surface area contributed by atoms with E-state index in [-0.39, 0.29) is 17.5 Å². The quantitative estimate of drug-likeness (QED) is 0.596. The molecule has 0 aliphatic carbocycles. The van der Waals surface area contributed by atoms with Crippen molar-refractivity contribution in [1.82, 2.24) is 5.32 Å². The monoisotopic (exact) mass is 253 g/mol. The van der Waals surface area contributed by atoms with Gasteiger partial charge in [0.15, 0.2) is 19.7 Å². The van der Waals surface area contributed by atoms with Gasteiger partial charge in [0, 0.05) is 12.6 Å². The second kappa shape index (κ2) is 3.43. The Morgan fingerprint density at radius 1 is 1.20 bits per heavy atom. The Morgan fingerprint density at radius 2 is 1.87 bits per heavy atom. The molecule has 3 atom stereocenters. The van der Waals surface area contributed by atoms with Gasteiger partial charge in [-0.25, -0.2) is 16.8 Å². The van der Waals surface area contributed by atoms with Crippen LogP contribution in [0, 0.1) is 0 Å². The summed E-state index contributed by atoms with van der Waals surface area (Å²) in [5.74, 6) is -0.109. The highest BCUT2D eigenvalue weighted by atomic mass is 32.2. The molecule has 1 N–H and O–H groups in total. The number of fused-ring (bicyclic) bond motifs is 1. The lowest BCUT2D eigenvalue weighted by atomic mass is 10.1. The minimum absolute atomic E-state index is 0.102. The molecule has 2 heterocycles. The Morgan fingerprint density at radius 3 is 2.53 bits per heavy atom. The van der Waals surface area contributed by atoms with Crippen molar-refractivity contribution in [2.45, 2.75) is 29.9 Å². The predicted octanol–water partition coefficient (Wildman–Crippen LogP) is -1.05. The second-order valence-corrected chi connectivity index (χ2v) is 9.17. The lowest BCUT2D eigenvalue weighted by Gasteiger charge is -2.38. The van der Waals surface area contributed by atoms with Crippen LogP contribution in [0.4, 0.5) is 0 Å². The number of hydrogen-bond donors (Lipinski definition) is 1. The summed E-state index contributed by atoms with van der Waals surface area (Å²) in [6.07, 6.45) is 0.416. The van der Waals surface area contributed by atoms with E-state index in [9.17, 15) is 16.8 Å². The first-order valence-corrected chi connectivity index (χ1v) is 8.42. The summed E-state index contributed by atoms with van der Waals surface area (Å²) in [4.78, 5) is 0. The SMILES string of the molecule is CC1CNC2CCS(=O)(=O)CC2S1(=O)=O. The fourth-order valence-corrected chi connectivity index (χ4v) is 6.74. The lowest BCUT2D eigenvalue weighted by Crippen LogP contribution is -2.60. The summed E-state index contributed by atoms with van der Waals surface area (Å²) in [7, 11) is -6.44. The van der Waals surface area contributed by atoms with E-state index in [4.69, 9.17) is 0 Å². The fourth-order valence-electron chi connectivity index (χ4n) is 2.23. The molecular formula is C8H15NO4S2. The molecule has 2 aliphatic rings. The average molecular weight is 253 g/mol. The van der Waals surface area contributed by atoms with Gasteiger partial charge in [0.2, 0.25) is 0 Å². The van der Waals surface area contributed by atoms with E-state index in [1.165, 1.54) is 0 Å². The summed E-state index contributed by atoms with van der Waals surface area (Å²) in [5, 5.41) is 1.90. The Hall–Kier alpha value is -0.140.